The molecule has 0 bridgehead atoms. The fourth-order valence-corrected chi connectivity index (χ4v) is 3.47. The number of hydrogen-bond donors (Lipinski definition) is 3. The van der Waals surface area contributed by atoms with Gasteiger partial charge in [-0.1, -0.05) is 0 Å². The Morgan fingerprint density at radius 2 is 1.63 bits per heavy atom. The van der Waals surface area contributed by atoms with Crippen LogP contribution in [0.1, 0.15) is 15.9 Å². The highest BCUT2D eigenvalue weighted by molar-refractivity contribution is 5.95. The number of aromatic carboxylic acids is 1. The van der Waals surface area contributed by atoms with Crippen LogP contribution in [-0.2, 0) is 0 Å². The molecule has 35 heavy (non-hydrogen) atoms. The average Bonchev–Trinajstić information content (AvgIpc) is 2.82. The van der Waals surface area contributed by atoms with E-state index in [1.54, 1.807) is 24.3 Å². The van der Waals surface area contributed by atoms with E-state index in [-0.39, 0.29) is 35.6 Å². The predicted molar refractivity (Wildman–Crippen MR) is 125 cm³/mol. The van der Waals surface area contributed by atoms with Gasteiger partial charge < -0.3 is 24.9 Å². The maximum absolute atomic E-state index is 14.5. The summed E-state index contributed by atoms with van der Waals surface area (Å²) in [6.07, 6.45) is 1.00. The molecule has 4 N–H and O–H groups in total. The van der Waals surface area contributed by atoms with Crippen molar-refractivity contribution in [1.29, 1.82) is 5.41 Å². The third-order valence-electron chi connectivity index (χ3n) is 5.16. The molecule has 0 amide bonds. The first-order valence-electron chi connectivity index (χ1n) is 10.3. The second-order valence-electron chi connectivity index (χ2n) is 7.46. The van der Waals surface area contributed by atoms with Gasteiger partial charge in [0.1, 0.15) is 47.7 Å². The first-order valence-corrected chi connectivity index (χ1v) is 10.3. The molecule has 10 heteroatoms. The van der Waals surface area contributed by atoms with Crippen LogP contribution in [0.25, 0.3) is 16.6 Å². The molecule has 0 radical (unpaired) electrons. The number of carboxylic acids is 1. The zero-order chi connectivity index (χ0) is 25.1. The van der Waals surface area contributed by atoms with Gasteiger partial charge in [0.05, 0.1) is 11.2 Å². The van der Waals surface area contributed by atoms with Crippen LogP contribution in [0.5, 0.6) is 11.5 Å². The molecule has 4 rings (SSSR count). The van der Waals surface area contributed by atoms with E-state index in [4.69, 9.17) is 20.6 Å². The van der Waals surface area contributed by atoms with E-state index in [1.807, 2.05) is 0 Å². The lowest BCUT2D eigenvalue weighted by molar-refractivity contribution is 0.0695. The minimum Gasteiger partial charge on any atom is -0.490 e. The molecule has 178 valence electrons. The number of ether oxygens (including phenoxy) is 2. The Balaban J connectivity index is 1.60. The van der Waals surface area contributed by atoms with Gasteiger partial charge in [0, 0.05) is 29.3 Å². The first-order chi connectivity index (χ1) is 16.7. The summed E-state index contributed by atoms with van der Waals surface area (Å²) in [4.78, 5) is 24.2. The van der Waals surface area contributed by atoms with Gasteiger partial charge in [-0.05, 0) is 48.5 Å². The van der Waals surface area contributed by atoms with Crippen LogP contribution in [-0.4, -0.2) is 34.7 Å². The lowest BCUT2D eigenvalue weighted by Crippen LogP contribution is -2.19. The van der Waals surface area contributed by atoms with Crippen molar-refractivity contribution in [1.82, 2.24) is 4.57 Å². The molecular weight excluding hydrogens is 460 g/mol. The highest BCUT2D eigenvalue weighted by Gasteiger charge is 2.18. The molecule has 8 nitrogen and oxygen atoms in total. The molecule has 0 saturated heterocycles. The molecule has 4 aromatic rings. The molecule has 0 fully saturated rings. The van der Waals surface area contributed by atoms with Crippen molar-refractivity contribution in [2.45, 2.75) is 0 Å². The number of hydrogen-bond acceptors (Lipinski definition) is 5. The van der Waals surface area contributed by atoms with Crippen molar-refractivity contribution in [2.75, 3.05) is 13.2 Å². The SMILES string of the molecule is N=C(N)c1ccc(OCCOc2ccc3c(=O)c(C(=O)O)cn(-c4ccc(F)cc4F)c3c2)cc1. The lowest BCUT2D eigenvalue weighted by atomic mass is 10.1. The average molecular weight is 479 g/mol. The van der Waals surface area contributed by atoms with Gasteiger partial charge >= 0.3 is 5.97 Å². The Morgan fingerprint density at radius 1 is 0.971 bits per heavy atom. The minimum absolute atomic E-state index is 0.0304. The van der Waals surface area contributed by atoms with Crippen molar-refractivity contribution < 1.29 is 28.2 Å². The zero-order valence-corrected chi connectivity index (χ0v) is 18.1. The highest BCUT2D eigenvalue weighted by atomic mass is 19.1. The smallest absolute Gasteiger partial charge is 0.341 e. The fourth-order valence-electron chi connectivity index (χ4n) is 3.47. The summed E-state index contributed by atoms with van der Waals surface area (Å²) in [6, 6.07) is 13.8. The number of amidine groups is 1. The largest absolute Gasteiger partial charge is 0.490 e. The Kier molecular flexibility index (Phi) is 6.45. The van der Waals surface area contributed by atoms with Crippen LogP contribution in [0.4, 0.5) is 8.78 Å². The van der Waals surface area contributed by atoms with Crippen molar-refractivity contribution in [2.24, 2.45) is 5.73 Å². The number of aromatic nitrogens is 1. The predicted octanol–water partition coefficient (Wildman–Crippen LogP) is 3.71. The van der Waals surface area contributed by atoms with Crippen LogP contribution in [0, 0.1) is 17.0 Å². The van der Waals surface area contributed by atoms with Crippen molar-refractivity contribution in [3.05, 3.63) is 99.8 Å². The summed E-state index contributed by atoms with van der Waals surface area (Å²) in [5.41, 5.74) is 4.74. The van der Waals surface area contributed by atoms with Crippen LogP contribution >= 0.6 is 0 Å². The molecule has 1 aromatic heterocycles. The molecule has 0 aliphatic rings. The van der Waals surface area contributed by atoms with Crippen molar-refractivity contribution in [3.8, 4) is 17.2 Å². The summed E-state index contributed by atoms with van der Waals surface area (Å²) >= 11 is 0. The van der Waals surface area contributed by atoms with Crippen molar-refractivity contribution >= 4 is 22.7 Å². The summed E-state index contributed by atoms with van der Waals surface area (Å²) in [6.45, 7) is 0.303. The van der Waals surface area contributed by atoms with Crippen molar-refractivity contribution in [3.63, 3.8) is 0 Å². The molecule has 0 unspecified atom stereocenters. The van der Waals surface area contributed by atoms with Gasteiger partial charge in [-0.3, -0.25) is 10.2 Å². The topological polar surface area (TPSA) is 128 Å². The van der Waals surface area contributed by atoms with Gasteiger partial charge in [-0.25, -0.2) is 13.6 Å². The van der Waals surface area contributed by atoms with Gasteiger partial charge in [-0.15, -0.1) is 0 Å². The number of nitrogens with zero attached hydrogens (tertiary/aromatic N) is 1. The molecule has 0 spiro atoms. The molecule has 0 saturated carbocycles. The highest BCUT2D eigenvalue weighted by Crippen LogP contribution is 2.25. The Bertz CT molecular complexity index is 1500. The summed E-state index contributed by atoms with van der Waals surface area (Å²) in [5.74, 6) is -2.37. The second-order valence-corrected chi connectivity index (χ2v) is 7.46. The van der Waals surface area contributed by atoms with E-state index in [1.165, 1.54) is 22.8 Å². The summed E-state index contributed by atoms with van der Waals surface area (Å²) in [7, 11) is 0. The molecule has 0 aliphatic carbocycles. The third kappa shape index (κ3) is 4.96. The van der Waals surface area contributed by atoms with Crippen LogP contribution in [0.3, 0.4) is 0 Å². The number of carboxylic acid groups (broad SMARTS) is 1. The summed E-state index contributed by atoms with van der Waals surface area (Å²) < 4.78 is 40.4. The minimum atomic E-state index is -1.47. The Hall–Kier alpha value is -4.73. The van der Waals surface area contributed by atoms with Gasteiger partial charge in [0.2, 0.25) is 5.43 Å². The number of carbonyl (C=O) groups is 1. The number of nitrogens with two attached hydrogens (primary N) is 1. The van der Waals surface area contributed by atoms with E-state index in [9.17, 15) is 23.5 Å². The van der Waals surface area contributed by atoms with E-state index >= 15 is 0 Å². The molecule has 1 heterocycles. The zero-order valence-electron chi connectivity index (χ0n) is 18.1. The number of pyridine rings is 1. The van der Waals surface area contributed by atoms with Gasteiger partial charge in [0.15, 0.2) is 0 Å². The number of fused-ring (bicyclic) bond motifs is 1. The standard InChI is InChI=1S/C25H19F2N3O5/c26-15-3-8-21(20(27)11-15)30-13-19(25(32)33)23(31)18-7-6-17(12-22(18)30)35-10-9-34-16-4-1-14(2-5-16)24(28)29/h1-8,11-13H,9-10H2,(H3,28,29)(H,32,33). The maximum Gasteiger partial charge on any atom is 0.341 e. The molecule has 0 aliphatic heterocycles. The van der Waals surface area contributed by atoms with E-state index < -0.39 is 28.6 Å². The fraction of sp³-hybridized carbons (Fsp3) is 0.0800. The number of rotatable bonds is 8. The maximum atomic E-state index is 14.5. The number of nitrogen functional groups attached to an aromatic ring is 1. The lowest BCUT2D eigenvalue weighted by Gasteiger charge is -2.15. The normalized spacial score (nSPS) is 10.8. The van der Waals surface area contributed by atoms with Crippen LogP contribution < -0.4 is 20.6 Å². The number of benzene rings is 3. The van der Waals surface area contributed by atoms with E-state index in [0.29, 0.717) is 23.1 Å². The molecule has 3 aromatic carbocycles. The Morgan fingerprint density at radius 3 is 2.26 bits per heavy atom. The van der Waals surface area contributed by atoms with Gasteiger partial charge in [-0.2, -0.15) is 0 Å². The van der Waals surface area contributed by atoms with E-state index in [0.717, 1.165) is 18.3 Å². The third-order valence-corrected chi connectivity index (χ3v) is 5.16. The molecular formula is C25H19F2N3O5. The second kappa shape index (κ2) is 9.64. The number of halogens is 2. The van der Waals surface area contributed by atoms with Crippen LogP contribution in [0.15, 0.2) is 71.7 Å². The van der Waals surface area contributed by atoms with Crippen LogP contribution in [0.2, 0.25) is 0 Å². The first kappa shape index (κ1) is 23.4. The number of nitrogens with one attached hydrogen (secondary N) is 1. The Labute approximate surface area is 197 Å². The molecule has 0 atom stereocenters. The monoisotopic (exact) mass is 479 g/mol. The quantitative estimate of drug-likeness (QED) is 0.201. The van der Waals surface area contributed by atoms with Gasteiger partial charge in [0.25, 0.3) is 0 Å². The summed E-state index contributed by atoms with van der Waals surface area (Å²) in [5, 5.41) is 16.8. The van der Waals surface area contributed by atoms with E-state index in [2.05, 4.69) is 0 Å².